The van der Waals surface area contributed by atoms with Gasteiger partial charge in [0, 0.05) is 6.21 Å². The van der Waals surface area contributed by atoms with E-state index in [0.29, 0.717) is 13.2 Å². The maximum Gasteiger partial charge on any atom is 0.314 e. The predicted octanol–water partition coefficient (Wildman–Crippen LogP) is 2.33. The van der Waals surface area contributed by atoms with E-state index in [-0.39, 0.29) is 6.42 Å². The Morgan fingerprint density at radius 1 is 1.11 bits per heavy atom. The van der Waals surface area contributed by atoms with Crippen LogP contribution in [0, 0.1) is 11.3 Å². The number of rotatable bonds is 10. The van der Waals surface area contributed by atoms with Gasteiger partial charge in [-0.25, -0.2) is 0 Å². The third-order valence-corrected chi connectivity index (χ3v) is 2.39. The highest BCUT2D eigenvalue weighted by atomic mass is 16.5. The average Bonchev–Trinajstić information content (AvgIpc) is 2.36. The van der Waals surface area contributed by atoms with Gasteiger partial charge in [-0.3, -0.25) is 9.59 Å². The van der Waals surface area contributed by atoms with E-state index < -0.39 is 17.9 Å². The fourth-order valence-electron chi connectivity index (χ4n) is 1.20. The summed E-state index contributed by atoms with van der Waals surface area (Å²) in [6.07, 6.45) is 4.30. The monoisotopic (exact) mass is 257 g/mol. The molecule has 0 amide bonds. The molecule has 0 aromatic heterocycles. The molecule has 18 heavy (non-hydrogen) atoms. The van der Waals surface area contributed by atoms with E-state index in [2.05, 4.69) is 0 Å². The highest BCUT2D eigenvalue weighted by Gasteiger charge is 2.21. The van der Waals surface area contributed by atoms with Crippen molar-refractivity contribution in [3.05, 3.63) is 0 Å². The molecule has 0 saturated heterocycles. The maximum atomic E-state index is 11.5. The molecular formula is C13H23NO4. The SMILES string of the molecule is CCCCOC(=O)CC(C=N)C(=O)OCCCC. The molecule has 0 fully saturated rings. The van der Waals surface area contributed by atoms with Crippen LogP contribution in [-0.4, -0.2) is 31.4 Å². The number of hydrogen-bond acceptors (Lipinski definition) is 5. The molecule has 0 aliphatic heterocycles. The molecule has 0 aliphatic carbocycles. The Hall–Kier alpha value is -1.39. The Kier molecular flexibility index (Phi) is 9.91. The fraction of sp³-hybridized carbons (Fsp3) is 0.769. The second kappa shape index (κ2) is 10.7. The maximum absolute atomic E-state index is 11.5. The van der Waals surface area contributed by atoms with Crippen molar-refractivity contribution in [2.45, 2.75) is 46.0 Å². The lowest BCUT2D eigenvalue weighted by Crippen LogP contribution is -2.23. The van der Waals surface area contributed by atoms with Gasteiger partial charge in [0.15, 0.2) is 0 Å². The van der Waals surface area contributed by atoms with Crippen molar-refractivity contribution < 1.29 is 19.1 Å². The first-order valence-corrected chi connectivity index (χ1v) is 6.48. The molecular weight excluding hydrogens is 234 g/mol. The molecule has 0 spiro atoms. The summed E-state index contributed by atoms with van der Waals surface area (Å²) in [6.45, 7) is 4.70. The van der Waals surface area contributed by atoms with Crippen molar-refractivity contribution >= 4 is 18.2 Å². The van der Waals surface area contributed by atoms with Crippen molar-refractivity contribution in [3.63, 3.8) is 0 Å². The Labute approximate surface area is 108 Å². The Morgan fingerprint density at radius 3 is 2.17 bits per heavy atom. The molecule has 0 aromatic rings. The number of esters is 2. The van der Waals surface area contributed by atoms with Gasteiger partial charge in [0.05, 0.1) is 19.6 Å². The molecule has 0 saturated carbocycles. The number of hydrogen-bond donors (Lipinski definition) is 1. The summed E-state index contributed by atoms with van der Waals surface area (Å²) in [5, 5.41) is 7.14. The zero-order valence-electron chi connectivity index (χ0n) is 11.2. The topological polar surface area (TPSA) is 76.5 Å². The first-order chi connectivity index (χ1) is 8.65. The lowest BCUT2D eigenvalue weighted by Gasteiger charge is -2.11. The van der Waals surface area contributed by atoms with Crippen molar-refractivity contribution in [3.8, 4) is 0 Å². The van der Waals surface area contributed by atoms with E-state index in [9.17, 15) is 9.59 Å². The number of carbonyl (C=O) groups is 2. The molecule has 0 heterocycles. The van der Waals surface area contributed by atoms with Crippen LogP contribution in [-0.2, 0) is 19.1 Å². The second-order valence-electron chi connectivity index (χ2n) is 4.07. The Balaban J connectivity index is 3.96. The summed E-state index contributed by atoms with van der Waals surface area (Å²) >= 11 is 0. The Morgan fingerprint density at radius 2 is 1.67 bits per heavy atom. The molecule has 0 radical (unpaired) electrons. The van der Waals surface area contributed by atoms with Crippen LogP contribution in [0.2, 0.25) is 0 Å². The third-order valence-electron chi connectivity index (χ3n) is 2.39. The van der Waals surface area contributed by atoms with Gasteiger partial charge < -0.3 is 14.9 Å². The minimum Gasteiger partial charge on any atom is -0.466 e. The van der Waals surface area contributed by atoms with Crippen LogP contribution >= 0.6 is 0 Å². The summed E-state index contributed by atoms with van der Waals surface area (Å²) in [7, 11) is 0. The summed E-state index contributed by atoms with van der Waals surface area (Å²) in [5.41, 5.74) is 0. The molecule has 0 bridgehead atoms. The van der Waals surface area contributed by atoms with E-state index in [0.717, 1.165) is 31.9 Å². The van der Waals surface area contributed by atoms with Gasteiger partial charge in [-0.2, -0.15) is 0 Å². The number of nitrogens with one attached hydrogen (secondary N) is 1. The van der Waals surface area contributed by atoms with Crippen LogP contribution in [0.5, 0.6) is 0 Å². The van der Waals surface area contributed by atoms with E-state index in [4.69, 9.17) is 14.9 Å². The largest absolute Gasteiger partial charge is 0.466 e. The summed E-state index contributed by atoms with van der Waals surface area (Å²) < 4.78 is 9.90. The standard InChI is InChI=1S/C13H23NO4/c1-3-5-7-17-12(15)9-11(10-14)13(16)18-8-6-4-2/h10-11,14H,3-9H2,1-2H3. The summed E-state index contributed by atoms with van der Waals surface area (Å²) in [6, 6.07) is 0. The van der Waals surface area contributed by atoms with E-state index in [1.165, 1.54) is 0 Å². The molecule has 5 nitrogen and oxygen atoms in total. The van der Waals surface area contributed by atoms with Crippen LogP contribution in [0.3, 0.4) is 0 Å². The van der Waals surface area contributed by atoms with Crippen LogP contribution in [0.1, 0.15) is 46.0 Å². The predicted molar refractivity (Wildman–Crippen MR) is 68.6 cm³/mol. The minimum atomic E-state index is -0.823. The molecule has 104 valence electrons. The second-order valence-corrected chi connectivity index (χ2v) is 4.07. The van der Waals surface area contributed by atoms with Gasteiger partial charge in [0.25, 0.3) is 0 Å². The zero-order chi connectivity index (χ0) is 13.8. The van der Waals surface area contributed by atoms with Gasteiger partial charge >= 0.3 is 11.9 Å². The molecule has 0 aliphatic rings. The quantitative estimate of drug-likeness (QED) is 0.370. The van der Waals surface area contributed by atoms with Gasteiger partial charge in [-0.1, -0.05) is 26.7 Å². The normalized spacial score (nSPS) is 11.7. The third kappa shape index (κ3) is 7.81. The smallest absolute Gasteiger partial charge is 0.314 e. The van der Waals surface area contributed by atoms with E-state index in [1.807, 2.05) is 13.8 Å². The summed E-state index contributed by atoms with van der Waals surface area (Å²) in [5.74, 6) is -1.80. The summed E-state index contributed by atoms with van der Waals surface area (Å²) in [4.78, 5) is 22.9. The fourth-order valence-corrected chi connectivity index (χ4v) is 1.20. The minimum absolute atomic E-state index is 0.113. The molecule has 1 N–H and O–H groups in total. The van der Waals surface area contributed by atoms with Crippen LogP contribution in [0.15, 0.2) is 0 Å². The lowest BCUT2D eigenvalue weighted by atomic mass is 10.1. The zero-order valence-corrected chi connectivity index (χ0v) is 11.2. The molecule has 5 heteroatoms. The molecule has 0 rings (SSSR count). The van der Waals surface area contributed by atoms with Gasteiger partial charge in [0.2, 0.25) is 0 Å². The highest BCUT2D eigenvalue weighted by Crippen LogP contribution is 2.06. The first kappa shape index (κ1) is 16.6. The number of carbonyl (C=O) groups excluding carboxylic acids is 2. The van der Waals surface area contributed by atoms with Crippen molar-refractivity contribution in [1.82, 2.24) is 0 Å². The number of unbranched alkanes of at least 4 members (excludes halogenated alkanes) is 2. The van der Waals surface area contributed by atoms with Crippen molar-refractivity contribution in [2.24, 2.45) is 5.92 Å². The lowest BCUT2D eigenvalue weighted by molar-refractivity contribution is -0.152. The molecule has 1 unspecified atom stereocenters. The van der Waals surface area contributed by atoms with E-state index in [1.54, 1.807) is 0 Å². The van der Waals surface area contributed by atoms with Gasteiger partial charge in [-0.05, 0) is 12.8 Å². The Bertz CT molecular complexity index is 266. The van der Waals surface area contributed by atoms with Crippen LogP contribution in [0.25, 0.3) is 0 Å². The van der Waals surface area contributed by atoms with Crippen LogP contribution in [0.4, 0.5) is 0 Å². The molecule has 1 atom stereocenters. The van der Waals surface area contributed by atoms with Crippen LogP contribution < -0.4 is 0 Å². The highest BCUT2D eigenvalue weighted by molar-refractivity contribution is 5.92. The van der Waals surface area contributed by atoms with Crippen molar-refractivity contribution in [2.75, 3.05) is 13.2 Å². The number of ether oxygens (including phenoxy) is 2. The van der Waals surface area contributed by atoms with Gasteiger partial charge in [0.1, 0.15) is 5.92 Å². The van der Waals surface area contributed by atoms with Gasteiger partial charge in [-0.15, -0.1) is 0 Å². The van der Waals surface area contributed by atoms with E-state index >= 15 is 0 Å². The first-order valence-electron chi connectivity index (χ1n) is 6.48. The van der Waals surface area contributed by atoms with Crippen molar-refractivity contribution in [1.29, 1.82) is 5.41 Å². The molecule has 0 aromatic carbocycles. The average molecular weight is 257 g/mol.